The average Bonchev–Trinajstić information content (AvgIpc) is 3.81. The van der Waals surface area contributed by atoms with E-state index in [-0.39, 0.29) is 38.7 Å². The summed E-state index contributed by atoms with van der Waals surface area (Å²) in [6, 6.07) is 57.1. The first-order chi connectivity index (χ1) is 29.8. The van der Waals surface area contributed by atoms with Crippen LogP contribution in [-0.2, 0) is 5.41 Å². The summed E-state index contributed by atoms with van der Waals surface area (Å²) in [6.45, 7) is 0. The first-order valence-electron chi connectivity index (χ1n) is 19.9. The third kappa shape index (κ3) is 4.88. The van der Waals surface area contributed by atoms with Crippen LogP contribution in [0.1, 0.15) is 22.3 Å². The molecule has 2 aromatic heterocycles. The SMILES string of the molecule is [B]c1c([B])c([B])c(-c2nc(-c3ccc4c(c3)C3(c5ccccc5-c5ccccc5-4)c4ccccc4-c4ccccc43)nc(-c3cccc4oc5c#cccc5c34)n2)c([B])c1[B]. The van der Waals surface area contributed by atoms with Gasteiger partial charge in [-0.3, -0.25) is 0 Å². The van der Waals surface area contributed by atoms with Crippen molar-refractivity contribution in [3.8, 4) is 67.5 Å². The molecule has 0 unspecified atom stereocenters. The first-order valence-corrected chi connectivity index (χ1v) is 19.9. The molecule has 0 bridgehead atoms. The van der Waals surface area contributed by atoms with Gasteiger partial charge in [-0.25, -0.2) is 15.0 Å². The Morgan fingerprint density at radius 1 is 0.443 bits per heavy atom. The highest BCUT2D eigenvalue weighted by molar-refractivity contribution is 6.68. The summed E-state index contributed by atoms with van der Waals surface area (Å²) in [7, 11) is 32.6. The summed E-state index contributed by atoms with van der Waals surface area (Å²) in [5, 5.41) is 1.66. The maximum Gasteiger partial charge on any atom is 0.185 e. The lowest BCUT2D eigenvalue weighted by Gasteiger charge is -2.35. The van der Waals surface area contributed by atoms with Crippen molar-refractivity contribution < 1.29 is 4.42 Å². The summed E-state index contributed by atoms with van der Waals surface area (Å²) in [6.07, 6.45) is 0. The second-order valence-corrected chi connectivity index (χ2v) is 15.6. The summed E-state index contributed by atoms with van der Waals surface area (Å²) in [5.41, 5.74) is 14.4. The van der Waals surface area contributed by atoms with Crippen molar-refractivity contribution in [3.05, 3.63) is 180 Å². The van der Waals surface area contributed by atoms with Gasteiger partial charge in [0.2, 0.25) is 0 Å². The number of hydrogen-bond donors (Lipinski definition) is 0. The van der Waals surface area contributed by atoms with Crippen molar-refractivity contribution in [2.75, 3.05) is 0 Å². The van der Waals surface area contributed by atoms with E-state index >= 15 is 0 Å². The lowest BCUT2D eigenvalue weighted by molar-refractivity contribution is 0.669. The number of nitrogens with zero attached hydrogens (tertiary/aromatic N) is 3. The third-order valence-electron chi connectivity index (χ3n) is 12.5. The highest BCUT2D eigenvalue weighted by Crippen LogP contribution is 2.61. The Kier molecular flexibility index (Phi) is 7.66. The second-order valence-electron chi connectivity index (χ2n) is 15.6. The van der Waals surface area contributed by atoms with E-state index < -0.39 is 5.41 Å². The molecule has 0 atom stereocenters. The van der Waals surface area contributed by atoms with E-state index in [1.165, 1.54) is 33.4 Å². The van der Waals surface area contributed by atoms with Crippen molar-refractivity contribution in [1.82, 2.24) is 15.0 Å². The van der Waals surface area contributed by atoms with Crippen molar-refractivity contribution >= 4 is 88.5 Å². The molecular weight excluding hydrogens is 737 g/mol. The highest BCUT2D eigenvalue weighted by atomic mass is 16.3. The number of hydrogen-bond acceptors (Lipinski definition) is 4. The topological polar surface area (TPSA) is 51.8 Å². The minimum atomic E-state index is -0.712. The van der Waals surface area contributed by atoms with Gasteiger partial charge < -0.3 is 4.42 Å². The average molecular weight is 761 g/mol. The van der Waals surface area contributed by atoms with Crippen molar-refractivity contribution in [1.29, 1.82) is 0 Å². The van der Waals surface area contributed by atoms with Gasteiger partial charge in [-0.15, -0.1) is 16.4 Å². The summed E-state index contributed by atoms with van der Waals surface area (Å²) in [4.78, 5) is 15.5. The van der Waals surface area contributed by atoms with Gasteiger partial charge in [0.1, 0.15) is 44.8 Å². The third-order valence-corrected chi connectivity index (χ3v) is 12.5. The van der Waals surface area contributed by atoms with Gasteiger partial charge in [0.15, 0.2) is 23.1 Å². The van der Waals surface area contributed by atoms with Gasteiger partial charge in [-0.05, 0) is 86.0 Å². The molecule has 9 heteroatoms. The Bertz CT molecular complexity index is 3450. The van der Waals surface area contributed by atoms with Crippen molar-refractivity contribution in [3.63, 3.8) is 0 Å². The maximum atomic E-state index is 6.72. The number of furan rings is 1. The van der Waals surface area contributed by atoms with E-state index in [1.807, 2.05) is 24.3 Å². The van der Waals surface area contributed by atoms with Gasteiger partial charge in [-0.1, -0.05) is 138 Å². The van der Waals surface area contributed by atoms with Gasteiger partial charge in [0.05, 0.1) is 5.41 Å². The van der Waals surface area contributed by atoms with E-state index in [1.54, 1.807) is 6.07 Å². The predicted octanol–water partition coefficient (Wildman–Crippen LogP) is 6.35. The summed E-state index contributed by atoms with van der Waals surface area (Å²) < 4.78 is 6.22. The molecule has 4 nitrogen and oxygen atoms in total. The number of fused-ring (bicyclic) bond motifs is 15. The molecule has 0 fully saturated rings. The van der Waals surface area contributed by atoms with Crippen LogP contribution in [0.15, 0.2) is 150 Å². The fourth-order valence-electron chi connectivity index (χ4n) is 9.86. The monoisotopic (exact) mass is 761 g/mol. The fraction of sp³-hybridized carbons (Fsp3) is 0.0192. The normalized spacial score (nSPS) is 12.9. The number of rotatable bonds is 3. The minimum Gasteiger partial charge on any atom is -0.447 e. The van der Waals surface area contributed by atoms with E-state index in [9.17, 15) is 0 Å². The maximum absolute atomic E-state index is 6.72. The molecule has 61 heavy (non-hydrogen) atoms. The lowest BCUT2D eigenvalue weighted by Crippen LogP contribution is -2.55. The second kappa shape index (κ2) is 13.1. The van der Waals surface area contributed by atoms with Crippen molar-refractivity contribution in [2.24, 2.45) is 0 Å². The molecule has 8 aromatic carbocycles. The van der Waals surface area contributed by atoms with Crippen LogP contribution in [0.3, 0.4) is 0 Å². The molecule has 0 saturated carbocycles. The van der Waals surface area contributed by atoms with Crippen LogP contribution >= 0.6 is 0 Å². The molecule has 0 amide bonds. The zero-order chi connectivity index (χ0) is 41.1. The molecule has 2 aliphatic carbocycles. The summed E-state index contributed by atoms with van der Waals surface area (Å²) >= 11 is 0. The molecule has 2 aliphatic rings. The largest absolute Gasteiger partial charge is 0.447 e. The van der Waals surface area contributed by atoms with Crippen LogP contribution in [0.2, 0.25) is 0 Å². The van der Waals surface area contributed by atoms with Crippen LogP contribution in [0.25, 0.3) is 89.5 Å². The van der Waals surface area contributed by atoms with Gasteiger partial charge in [0, 0.05) is 27.5 Å². The Morgan fingerprint density at radius 2 is 0.951 bits per heavy atom. The molecule has 0 saturated heterocycles. The van der Waals surface area contributed by atoms with Crippen LogP contribution < -0.4 is 27.3 Å². The first kappa shape index (κ1) is 35.6. The minimum absolute atomic E-state index is 0.0998. The fourth-order valence-corrected chi connectivity index (χ4v) is 9.86. The molecule has 10 aromatic rings. The molecule has 1 spiro atoms. The molecule has 0 aliphatic heterocycles. The van der Waals surface area contributed by atoms with E-state index in [2.05, 4.69) is 127 Å². The van der Waals surface area contributed by atoms with Crippen LogP contribution in [-0.4, -0.2) is 54.2 Å². The smallest absolute Gasteiger partial charge is 0.185 e. The zero-order valence-corrected chi connectivity index (χ0v) is 32.5. The van der Waals surface area contributed by atoms with Gasteiger partial charge in [0.25, 0.3) is 0 Å². The van der Waals surface area contributed by atoms with Gasteiger partial charge in [-0.2, -0.15) is 0 Å². The van der Waals surface area contributed by atoms with E-state index in [0.717, 1.165) is 38.6 Å². The number of benzene rings is 7. The van der Waals surface area contributed by atoms with Crippen LogP contribution in [0, 0.1) is 12.1 Å². The molecule has 2 heterocycles. The Morgan fingerprint density at radius 3 is 1.59 bits per heavy atom. The van der Waals surface area contributed by atoms with E-state index in [4.69, 9.17) is 58.6 Å². The highest BCUT2D eigenvalue weighted by Gasteiger charge is 2.49. The Labute approximate surface area is 359 Å². The molecule has 12 rings (SSSR count). The van der Waals surface area contributed by atoms with Crippen LogP contribution in [0.4, 0.5) is 0 Å². The van der Waals surface area contributed by atoms with Gasteiger partial charge >= 0.3 is 0 Å². The molecule has 0 N–H and O–H groups in total. The van der Waals surface area contributed by atoms with E-state index in [0.29, 0.717) is 28.4 Å². The quantitative estimate of drug-likeness (QED) is 0.197. The molecular formula is C52H24B5N3O. The molecule has 10 radical (unpaired) electrons. The number of aromatic nitrogens is 3. The molecule has 268 valence electrons. The zero-order valence-electron chi connectivity index (χ0n) is 32.5. The Balaban J connectivity index is 1.20. The summed E-state index contributed by atoms with van der Waals surface area (Å²) in [5.74, 6) is 0.946. The standard InChI is InChI=1S/C52H24B5N3O/c53-44-43(45(54)47(56)48(57)46(44)55)51-59-49(58-50(60-51)35-18-11-23-41-42(35)34-17-6-10-22-40(34)61-41)27-24-25-33-29-13-2-1-12-28(29)30-14-3-7-19-36(30)52(39(33)26-27)37-20-8-4-15-31(37)32-16-5-9-21-38(32)52/h1-9,11-21,23-26H. The lowest BCUT2D eigenvalue weighted by atomic mass is 9.60. The van der Waals surface area contributed by atoms with Crippen molar-refractivity contribution in [2.45, 2.75) is 5.41 Å². The predicted molar refractivity (Wildman–Crippen MR) is 250 cm³/mol. The Hall–Kier alpha value is -7.29. The van der Waals surface area contributed by atoms with Crippen LogP contribution in [0.5, 0.6) is 0 Å².